The number of oxime groups is 1. The predicted octanol–water partition coefficient (Wildman–Crippen LogP) is -1.89. The van der Waals surface area contributed by atoms with Gasteiger partial charge >= 0.3 is 11.9 Å². The summed E-state index contributed by atoms with van der Waals surface area (Å²) in [6, 6.07) is 1.45. The van der Waals surface area contributed by atoms with Gasteiger partial charge in [0, 0.05) is 28.1 Å². The summed E-state index contributed by atoms with van der Waals surface area (Å²) < 4.78 is 1.54. The largest absolute Gasteiger partial charge is 0.543 e. The molecule has 222 valence electrons. The molecule has 2 aromatic heterocycles. The van der Waals surface area contributed by atoms with E-state index in [-0.39, 0.29) is 33.9 Å². The minimum atomic E-state index is -1.82. The molecule has 0 bridgehead atoms. The molecule has 4 rings (SSSR count). The van der Waals surface area contributed by atoms with Crippen LogP contribution >= 0.6 is 35.3 Å². The van der Waals surface area contributed by atoms with Crippen LogP contribution in [0.5, 0.6) is 0 Å². The van der Waals surface area contributed by atoms with Gasteiger partial charge < -0.3 is 36.6 Å². The van der Waals surface area contributed by atoms with Crippen LogP contribution in [-0.4, -0.2) is 77.6 Å². The highest BCUT2D eigenvalue weighted by Crippen LogP contribution is 2.47. The van der Waals surface area contributed by atoms with Crippen molar-refractivity contribution in [1.29, 1.82) is 0 Å². The number of carboxylic acids is 2. The molecule has 1 saturated heterocycles. The highest BCUT2D eigenvalue weighted by Gasteiger charge is 2.64. The number of fused-ring (bicyclic) bond motifs is 1. The van der Waals surface area contributed by atoms with Crippen LogP contribution in [0.2, 0.25) is 0 Å². The number of carbonyl (C=O) groups is 4. The average Bonchev–Trinajstić information content (AvgIpc) is 3.35. The second-order valence-corrected chi connectivity index (χ2v) is 11.3. The van der Waals surface area contributed by atoms with Crippen molar-refractivity contribution in [3.8, 4) is 0 Å². The Labute approximate surface area is 251 Å². The third kappa shape index (κ3) is 5.44. The van der Waals surface area contributed by atoms with Crippen LogP contribution in [0.3, 0.4) is 0 Å². The molecular formula is C23H25N9O7S3. The topological polar surface area (TPSA) is 256 Å². The van der Waals surface area contributed by atoms with Crippen LogP contribution in [0.25, 0.3) is 5.57 Å². The Hall–Kier alpha value is -4.36. The van der Waals surface area contributed by atoms with Crippen molar-refractivity contribution in [1.82, 2.24) is 20.2 Å². The third-order valence-electron chi connectivity index (χ3n) is 6.30. The number of amides is 2. The predicted molar refractivity (Wildman–Crippen MR) is 154 cm³/mol. The summed E-state index contributed by atoms with van der Waals surface area (Å²) in [6.07, 6.45) is -1.31. The molecule has 1 unspecified atom stereocenters. The van der Waals surface area contributed by atoms with Crippen molar-refractivity contribution in [3.63, 3.8) is 0 Å². The number of carbonyl (C=O) groups excluding carboxylic acids is 3. The maximum atomic E-state index is 13.7. The molecule has 2 aromatic rings. The Morgan fingerprint density at radius 2 is 2.12 bits per heavy atom. The summed E-state index contributed by atoms with van der Waals surface area (Å²) in [4.78, 5) is 64.8. The molecule has 19 heteroatoms. The van der Waals surface area contributed by atoms with E-state index in [2.05, 4.69) is 20.4 Å². The quantitative estimate of drug-likeness (QED) is 0.0595. The smallest absolute Gasteiger partial charge is 0.391 e. The molecule has 0 aliphatic carbocycles. The van der Waals surface area contributed by atoms with E-state index in [4.69, 9.17) is 39.4 Å². The molecule has 8 N–H and O–H groups in total. The number of nitrogens with zero attached hydrogens (tertiary/aromatic N) is 5. The zero-order valence-electron chi connectivity index (χ0n) is 22.1. The van der Waals surface area contributed by atoms with Crippen molar-refractivity contribution < 1.29 is 38.8 Å². The Balaban J connectivity index is 1.70. The molecule has 1 fully saturated rings. The van der Waals surface area contributed by atoms with Crippen LogP contribution < -0.4 is 32.2 Å². The van der Waals surface area contributed by atoms with Gasteiger partial charge in [-0.2, -0.15) is 0 Å². The number of thiazole rings is 1. The number of hydrogen-bond donors (Lipinski definition) is 5. The lowest BCUT2D eigenvalue weighted by atomic mass is 9.87. The number of rotatable bonds is 11. The first-order chi connectivity index (χ1) is 19.8. The van der Waals surface area contributed by atoms with Gasteiger partial charge in [-0.3, -0.25) is 25.0 Å². The van der Waals surface area contributed by atoms with E-state index in [0.29, 0.717) is 12.2 Å². The Morgan fingerprint density at radius 3 is 2.69 bits per heavy atom. The SMILES string of the molecule is CC[n+]1c(C2=C(C(=O)[O-])N3C(=O)[C@](C=S)(NC(=O)/C(=N\OC(C)CC(=O)O)c4csc(N)n4)[C@H]3SC2)cc(N)nc1N. The molecule has 2 aliphatic rings. The minimum Gasteiger partial charge on any atom is -0.543 e. The van der Waals surface area contributed by atoms with Crippen LogP contribution in [-0.2, 0) is 30.6 Å². The third-order valence-corrected chi connectivity index (χ3v) is 8.69. The summed E-state index contributed by atoms with van der Waals surface area (Å²) in [5.74, 6) is -4.40. The average molecular weight is 636 g/mol. The molecule has 0 aromatic carbocycles. The highest BCUT2D eigenvalue weighted by molar-refractivity contribution is 8.00. The van der Waals surface area contributed by atoms with Crippen molar-refractivity contribution in [2.45, 2.75) is 43.8 Å². The molecule has 0 spiro atoms. The van der Waals surface area contributed by atoms with Gasteiger partial charge in [0.1, 0.15) is 22.9 Å². The number of thiocarbonyl (C=S) groups is 1. The van der Waals surface area contributed by atoms with Crippen molar-refractivity contribution in [3.05, 3.63) is 28.5 Å². The molecule has 2 aliphatic heterocycles. The van der Waals surface area contributed by atoms with Gasteiger partial charge in [0.25, 0.3) is 11.8 Å². The van der Waals surface area contributed by atoms with Gasteiger partial charge in [0.15, 0.2) is 16.4 Å². The number of nitrogens with two attached hydrogens (primary N) is 3. The summed E-state index contributed by atoms with van der Waals surface area (Å²) >= 11 is 7.32. The molecule has 0 radical (unpaired) electrons. The van der Waals surface area contributed by atoms with Crippen molar-refractivity contribution in [2.24, 2.45) is 5.16 Å². The van der Waals surface area contributed by atoms with E-state index in [9.17, 15) is 24.3 Å². The number of nitrogen functional groups attached to an aromatic ring is 3. The number of nitrogens with one attached hydrogen (secondary N) is 1. The monoisotopic (exact) mass is 635 g/mol. The molecule has 0 saturated carbocycles. The number of thioether (sulfide) groups is 1. The lowest BCUT2D eigenvalue weighted by Gasteiger charge is -2.56. The first-order valence-electron chi connectivity index (χ1n) is 12.2. The van der Waals surface area contributed by atoms with E-state index in [1.807, 2.05) is 0 Å². The molecule has 4 heterocycles. The van der Waals surface area contributed by atoms with E-state index in [1.54, 1.807) is 11.5 Å². The van der Waals surface area contributed by atoms with Crippen molar-refractivity contribution >= 4 is 92.6 Å². The van der Waals surface area contributed by atoms with Crippen LogP contribution in [0.4, 0.5) is 16.9 Å². The lowest BCUT2D eigenvalue weighted by Crippen LogP contribution is -2.81. The van der Waals surface area contributed by atoms with E-state index in [1.165, 1.54) is 18.4 Å². The summed E-state index contributed by atoms with van der Waals surface area (Å²) in [5, 5.41) is 29.3. The molecule has 42 heavy (non-hydrogen) atoms. The fourth-order valence-corrected chi connectivity index (χ4v) is 6.81. The first kappa shape index (κ1) is 30.6. The van der Waals surface area contributed by atoms with Gasteiger partial charge in [0.2, 0.25) is 5.82 Å². The number of anilines is 3. The van der Waals surface area contributed by atoms with Gasteiger partial charge in [-0.05, 0) is 13.8 Å². The zero-order valence-corrected chi connectivity index (χ0v) is 24.5. The van der Waals surface area contributed by atoms with E-state index < -0.39 is 58.6 Å². The van der Waals surface area contributed by atoms with Crippen LogP contribution in [0.15, 0.2) is 22.3 Å². The van der Waals surface area contributed by atoms with Gasteiger partial charge in [-0.15, -0.1) is 23.1 Å². The lowest BCUT2D eigenvalue weighted by molar-refractivity contribution is -0.683. The number of β-lactam (4-membered cyclic amide) rings is 1. The van der Waals surface area contributed by atoms with Crippen LogP contribution in [0.1, 0.15) is 31.7 Å². The van der Waals surface area contributed by atoms with Gasteiger partial charge in [0.05, 0.1) is 24.6 Å². The van der Waals surface area contributed by atoms with E-state index in [0.717, 1.165) is 33.4 Å². The van der Waals surface area contributed by atoms with Crippen LogP contribution in [0, 0.1) is 0 Å². The number of hydrogen-bond acceptors (Lipinski definition) is 15. The summed E-state index contributed by atoms with van der Waals surface area (Å²) in [5.41, 5.74) is 15.5. The Morgan fingerprint density at radius 1 is 1.40 bits per heavy atom. The molecule has 2 amide bonds. The number of aliphatic carboxylic acids is 2. The fraction of sp³-hybridized carbons (Fsp3) is 0.348. The second-order valence-electron chi connectivity index (χ2n) is 9.09. The van der Waals surface area contributed by atoms with Crippen molar-refractivity contribution in [2.75, 3.05) is 23.0 Å². The number of aromatic nitrogens is 3. The zero-order chi connectivity index (χ0) is 30.9. The second kappa shape index (κ2) is 11.9. The Bertz CT molecular complexity index is 1560. The van der Waals surface area contributed by atoms with Gasteiger partial charge in [-0.1, -0.05) is 22.4 Å². The standard InChI is InChI=1S/C23H25N9O7S3/c1-3-31-12(5-13(24)28-21(31)25)10-6-41-20-23(8-40,19(38)32(20)16(10)18(36)37)29-17(35)15(11-7-42-22(26)27-11)30-39-9(2)4-14(33)34/h5,7-9,20H,3-4,6H2,1-2H3,(H8,24,25,26,27,28,29,33,34,35,36,37)/b30-15-/t9?,20-,23+/m1/s1. The normalized spacial score (nSPS) is 20.8. The minimum absolute atomic E-state index is 0.00607. The Kier molecular flexibility index (Phi) is 8.64. The van der Waals surface area contributed by atoms with Gasteiger partial charge in [-0.25, -0.2) is 9.55 Å². The summed E-state index contributed by atoms with van der Waals surface area (Å²) in [7, 11) is 0. The molecule has 3 atom stereocenters. The maximum absolute atomic E-state index is 13.7. The fourth-order valence-electron chi connectivity index (χ4n) is 4.44. The first-order valence-corrected chi connectivity index (χ1v) is 14.6. The number of carboxylic acid groups (broad SMARTS) is 2. The highest BCUT2D eigenvalue weighted by atomic mass is 32.2. The maximum Gasteiger partial charge on any atom is 0.391 e. The summed E-state index contributed by atoms with van der Waals surface area (Å²) in [6.45, 7) is 3.54. The van der Waals surface area contributed by atoms with E-state index >= 15 is 0 Å². The molecule has 16 nitrogen and oxygen atoms in total. The molecular weight excluding hydrogens is 611 g/mol.